The first-order valence-corrected chi connectivity index (χ1v) is 4.83. The van der Waals surface area contributed by atoms with Crippen LogP contribution in [0.4, 0.5) is 0 Å². The van der Waals surface area contributed by atoms with Gasteiger partial charge < -0.3 is 4.90 Å². The van der Waals surface area contributed by atoms with Crippen LogP contribution in [0.2, 0.25) is 0 Å². The van der Waals surface area contributed by atoms with Gasteiger partial charge in [-0.1, -0.05) is 5.92 Å². The van der Waals surface area contributed by atoms with Crippen LogP contribution in [0.3, 0.4) is 0 Å². The maximum atomic E-state index is 12.0. The van der Waals surface area contributed by atoms with Crippen molar-refractivity contribution in [3.63, 3.8) is 0 Å². The highest BCUT2D eigenvalue weighted by Crippen LogP contribution is 2.09. The van der Waals surface area contributed by atoms with Crippen LogP contribution in [0.1, 0.15) is 23.0 Å². The molecule has 1 amide bonds. The Bertz CT molecular complexity index is 400. The molecule has 4 heteroatoms. The van der Waals surface area contributed by atoms with E-state index in [0.29, 0.717) is 18.7 Å². The molecule has 0 bridgehead atoms. The van der Waals surface area contributed by atoms with E-state index >= 15 is 0 Å². The van der Waals surface area contributed by atoms with Gasteiger partial charge in [-0.2, -0.15) is 5.10 Å². The summed E-state index contributed by atoms with van der Waals surface area (Å²) in [6.45, 7) is 4.71. The molecule has 0 aliphatic heterocycles. The SMILES string of the molecule is C#CCN(CC)C(=O)c1cnn(C)c1C. The molecule has 0 radical (unpaired) electrons. The van der Waals surface area contributed by atoms with E-state index in [1.807, 2.05) is 20.9 Å². The average molecular weight is 205 g/mol. The van der Waals surface area contributed by atoms with Crippen molar-refractivity contribution < 1.29 is 4.79 Å². The van der Waals surface area contributed by atoms with Gasteiger partial charge in [0.15, 0.2) is 0 Å². The lowest BCUT2D eigenvalue weighted by Crippen LogP contribution is -2.31. The van der Waals surface area contributed by atoms with Crippen molar-refractivity contribution >= 4 is 5.91 Å². The van der Waals surface area contributed by atoms with E-state index < -0.39 is 0 Å². The molecule has 0 N–H and O–H groups in total. The molecule has 0 aliphatic carbocycles. The highest BCUT2D eigenvalue weighted by Gasteiger charge is 2.17. The Morgan fingerprint density at radius 2 is 2.40 bits per heavy atom. The van der Waals surface area contributed by atoms with Crippen LogP contribution in [0, 0.1) is 19.3 Å². The number of terminal acetylenes is 1. The molecule has 1 heterocycles. The standard InChI is InChI=1S/C11H15N3O/c1-5-7-14(6-2)11(15)10-8-12-13(4)9(10)3/h1,8H,6-7H2,2-4H3. The van der Waals surface area contributed by atoms with Crippen LogP contribution in [-0.2, 0) is 7.05 Å². The van der Waals surface area contributed by atoms with Crippen LogP contribution >= 0.6 is 0 Å². The zero-order chi connectivity index (χ0) is 11.4. The van der Waals surface area contributed by atoms with Crippen LogP contribution in [0.15, 0.2) is 6.20 Å². The van der Waals surface area contributed by atoms with Crippen LogP contribution < -0.4 is 0 Å². The highest BCUT2D eigenvalue weighted by atomic mass is 16.2. The molecule has 15 heavy (non-hydrogen) atoms. The maximum Gasteiger partial charge on any atom is 0.258 e. The molecule has 4 nitrogen and oxygen atoms in total. The largest absolute Gasteiger partial charge is 0.328 e. The van der Waals surface area contributed by atoms with Crippen LogP contribution in [0.5, 0.6) is 0 Å². The van der Waals surface area contributed by atoms with Gasteiger partial charge in [0.05, 0.1) is 18.3 Å². The van der Waals surface area contributed by atoms with E-state index in [9.17, 15) is 4.79 Å². The second kappa shape index (κ2) is 4.65. The molecule has 1 rings (SSSR count). The van der Waals surface area contributed by atoms with Gasteiger partial charge in [0.1, 0.15) is 0 Å². The van der Waals surface area contributed by atoms with E-state index in [0.717, 1.165) is 5.69 Å². The van der Waals surface area contributed by atoms with Gasteiger partial charge in [-0.05, 0) is 13.8 Å². The highest BCUT2D eigenvalue weighted by molar-refractivity contribution is 5.95. The Labute approximate surface area is 89.9 Å². The number of amides is 1. The topological polar surface area (TPSA) is 38.1 Å². The first kappa shape index (κ1) is 11.3. The van der Waals surface area contributed by atoms with E-state index in [-0.39, 0.29) is 5.91 Å². The number of hydrogen-bond acceptors (Lipinski definition) is 2. The van der Waals surface area contributed by atoms with Crippen molar-refractivity contribution in [1.29, 1.82) is 0 Å². The Kier molecular flexibility index (Phi) is 3.51. The van der Waals surface area contributed by atoms with Crippen LogP contribution in [-0.4, -0.2) is 33.7 Å². The minimum Gasteiger partial charge on any atom is -0.328 e. The van der Waals surface area contributed by atoms with E-state index in [4.69, 9.17) is 6.42 Å². The fraction of sp³-hybridized carbons (Fsp3) is 0.455. The Balaban J connectivity index is 2.93. The quantitative estimate of drug-likeness (QED) is 0.685. The van der Waals surface area contributed by atoms with Gasteiger partial charge in [0.2, 0.25) is 0 Å². The van der Waals surface area contributed by atoms with Gasteiger partial charge in [-0.25, -0.2) is 0 Å². The Morgan fingerprint density at radius 1 is 1.73 bits per heavy atom. The van der Waals surface area contributed by atoms with Gasteiger partial charge in [-0.3, -0.25) is 9.48 Å². The predicted molar refractivity (Wildman–Crippen MR) is 58.4 cm³/mol. The third-order valence-electron chi connectivity index (χ3n) is 2.42. The Hall–Kier alpha value is -1.76. The fourth-order valence-electron chi connectivity index (χ4n) is 1.32. The number of hydrogen-bond donors (Lipinski definition) is 0. The molecule has 0 aromatic carbocycles. The van der Waals surface area contributed by atoms with Gasteiger partial charge >= 0.3 is 0 Å². The van der Waals surface area contributed by atoms with Crippen molar-refractivity contribution in [2.24, 2.45) is 7.05 Å². The number of carbonyl (C=O) groups excluding carboxylic acids is 1. The number of nitrogens with zero attached hydrogens (tertiary/aromatic N) is 3. The maximum absolute atomic E-state index is 12.0. The molecule has 80 valence electrons. The number of aryl methyl sites for hydroxylation is 1. The molecular formula is C11H15N3O. The summed E-state index contributed by atoms with van der Waals surface area (Å²) in [5.74, 6) is 2.42. The molecule has 0 spiro atoms. The third-order valence-corrected chi connectivity index (χ3v) is 2.42. The molecule has 0 unspecified atom stereocenters. The summed E-state index contributed by atoms with van der Waals surface area (Å²) in [5.41, 5.74) is 1.48. The van der Waals surface area contributed by atoms with Crippen molar-refractivity contribution in [1.82, 2.24) is 14.7 Å². The molecule has 0 saturated carbocycles. The summed E-state index contributed by atoms with van der Waals surface area (Å²) < 4.78 is 1.68. The van der Waals surface area contributed by atoms with Crippen molar-refractivity contribution in [2.75, 3.05) is 13.1 Å². The summed E-state index contributed by atoms with van der Waals surface area (Å²) >= 11 is 0. The lowest BCUT2D eigenvalue weighted by molar-refractivity contribution is 0.0784. The zero-order valence-electron chi connectivity index (χ0n) is 9.32. The molecule has 1 aromatic rings. The molecule has 0 aliphatic rings. The normalized spacial score (nSPS) is 9.73. The second-order valence-electron chi connectivity index (χ2n) is 3.29. The lowest BCUT2D eigenvalue weighted by Gasteiger charge is -2.17. The van der Waals surface area contributed by atoms with E-state index in [1.54, 1.807) is 15.8 Å². The number of rotatable bonds is 3. The minimum atomic E-state index is -0.0546. The molecule has 0 saturated heterocycles. The van der Waals surface area contributed by atoms with Crippen molar-refractivity contribution in [3.8, 4) is 12.3 Å². The molecule has 0 atom stereocenters. The third kappa shape index (κ3) is 2.18. The van der Waals surface area contributed by atoms with Crippen molar-refractivity contribution in [2.45, 2.75) is 13.8 Å². The molecule has 0 fully saturated rings. The number of carbonyl (C=O) groups is 1. The predicted octanol–water partition coefficient (Wildman–Crippen LogP) is 0.824. The number of aromatic nitrogens is 2. The van der Waals surface area contributed by atoms with Crippen molar-refractivity contribution in [3.05, 3.63) is 17.5 Å². The second-order valence-corrected chi connectivity index (χ2v) is 3.29. The summed E-state index contributed by atoms with van der Waals surface area (Å²) in [6, 6.07) is 0. The summed E-state index contributed by atoms with van der Waals surface area (Å²) in [4.78, 5) is 13.6. The summed E-state index contributed by atoms with van der Waals surface area (Å²) in [5, 5.41) is 4.03. The first-order valence-electron chi connectivity index (χ1n) is 4.83. The van der Waals surface area contributed by atoms with E-state index in [2.05, 4.69) is 11.0 Å². The lowest BCUT2D eigenvalue weighted by atomic mass is 10.2. The van der Waals surface area contributed by atoms with Crippen LogP contribution in [0.25, 0.3) is 0 Å². The molecular weight excluding hydrogens is 190 g/mol. The van der Waals surface area contributed by atoms with Gasteiger partial charge in [-0.15, -0.1) is 6.42 Å². The van der Waals surface area contributed by atoms with E-state index in [1.165, 1.54) is 0 Å². The van der Waals surface area contributed by atoms with Gasteiger partial charge in [0, 0.05) is 19.3 Å². The average Bonchev–Trinajstić information content (AvgIpc) is 2.55. The Morgan fingerprint density at radius 3 is 2.80 bits per heavy atom. The monoisotopic (exact) mass is 205 g/mol. The molecule has 1 aromatic heterocycles. The summed E-state index contributed by atoms with van der Waals surface area (Å²) in [6.07, 6.45) is 6.78. The fourth-order valence-corrected chi connectivity index (χ4v) is 1.32. The zero-order valence-corrected chi connectivity index (χ0v) is 9.32. The van der Waals surface area contributed by atoms with Gasteiger partial charge in [0.25, 0.3) is 5.91 Å². The smallest absolute Gasteiger partial charge is 0.258 e. The first-order chi connectivity index (χ1) is 7.11. The summed E-state index contributed by atoms with van der Waals surface area (Å²) in [7, 11) is 1.81. The minimum absolute atomic E-state index is 0.0546.